The van der Waals surface area contributed by atoms with Crippen LogP contribution in [0.25, 0.3) is 11.0 Å². The molecule has 4 nitrogen and oxygen atoms in total. The van der Waals surface area contributed by atoms with Gasteiger partial charge < -0.3 is 10.1 Å². The molecule has 2 aromatic rings. The summed E-state index contributed by atoms with van der Waals surface area (Å²) in [6.07, 6.45) is -3.50. The molecule has 2 N–H and O–H groups in total. The van der Waals surface area contributed by atoms with Gasteiger partial charge in [0.1, 0.15) is 0 Å². The van der Waals surface area contributed by atoms with Gasteiger partial charge in [0.15, 0.2) is 0 Å². The summed E-state index contributed by atoms with van der Waals surface area (Å²) in [5.41, 5.74) is -1.65. The normalized spacial score (nSPS) is 11.9. The topological polar surface area (TPSA) is 66.0 Å². The summed E-state index contributed by atoms with van der Waals surface area (Å²) in [4.78, 5) is 16.9. The average molecular weight is 230 g/mol. The standard InChI is InChI=1S/C9H5F3N2O2/c10-9(11,12)5-2-7-6(13-3-14-7)1-4(5)8(15)16/h1-3H,(H,13,14)(H,15,16). The Morgan fingerprint density at radius 1 is 1.38 bits per heavy atom. The number of carboxylic acids is 1. The molecule has 0 saturated carbocycles. The van der Waals surface area contributed by atoms with Crippen molar-refractivity contribution in [3.8, 4) is 0 Å². The maximum absolute atomic E-state index is 12.5. The molecule has 0 saturated heterocycles. The van der Waals surface area contributed by atoms with Crippen molar-refractivity contribution in [1.82, 2.24) is 9.97 Å². The SMILES string of the molecule is O=C(O)c1cc2nc[nH]c2cc1C(F)(F)F. The van der Waals surface area contributed by atoms with Crippen LogP contribution < -0.4 is 0 Å². The third-order valence-electron chi connectivity index (χ3n) is 2.10. The second kappa shape index (κ2) is 3.22. The molecule has 0 radical (unpaired) electrons. The van der Waals surface area contributed by atoms with Gasteiger partial charge in [-0.25, -0.2) is 9.78 Å². The van der Waals surface area contributed by atoms with Gasteiger partial charge in [0.2, 0.25) is 0 Å². The molecule has 0 amide bonds. The molecule has 0 aliphatic rings. The second-order valence-electron chi connectivity index (χ2n) is 3.12. The Morgan fingerprint density at radius 3 is 2.62 bits per heavy atom. The van der Waals surface area contributed by atoms with Crippen molar-refractivity contribution in [3.05, 3.63) is 29.6 Å². The van der Waals surface area contributed by atoms with E-state index in [1.54, 1.807) is 0 Å². The van der Waals surface area contributed by atoms with Gasteiger partial charge in [-0.15, -0.1) is 0 Å². The fourth-order valence-corrected chi connectivity index (χ4v) is 1.39. The van der Waals surface area contributed by atoms with Gasteiger partial charge in [0.25, 0.3) is 0 Å². The number of hydrogen-bond acceptors (Lipinski definition) is 2. The molecular weight excluding hydrogens is 225 g/mol. The van der Waals surface area contributed by atoms with Crippen LogP contribution in [0.15, 0.2) is 18.5 Å². The number of aromatic nitrogens is 2. The highest BCUT2D eigenvalue weighted by Gasteiger charge is 2.35. The van der Waals surface area contributed by atoms with E-state index in [2.05, 4.69) is 9.97 Å². The molecular formula is C9H5F3N2O2. The minimum Gasteiger partial charge on any atom is -0.478 e. The maximum atomic E-state index is 12.5. The number of carbonyl (C=O) groups is 1. The summed E-state index contributed by atoms with van der Waals surface area (Å²) in [5, 5.41) is 8.69. The van der Waals surface area contributed by atoms with E-state index < -0.39 is 23.3 Å². The smallest absolute Gasteiger partial charge is 0.417 e. The molecule has 2 rings (SSSR count). The zero-order valence-corrected chi connectivity index (χ0v) is 7.67. The summed E-state index contributed by atoms with van der Waals surface area (Å²) >= 11 is 0. The van der Waals surface area contributed by atoms with Crippen LogP contribution in [0.5, 0.6) is 0 Å². The molecule has 1 aromatic carbocycles. The highest BCUT2D eigenvalue weighted by Crippen LogP contribution is 2.33. The lowest BCUT2D eigenvalue weighted by Gasteiger charge is -2.09. The fourth-order valence-electron chi connectivity index (χ4n) is 1.39. The van der Waals surface area contributed by atoms with Gasteiger partial charge in [-0.3, -0.25) is 0 Å². The van der Waals surface area contributed by atoms with Gasteiger partial charge >= 0.3 is 12.1 Å². The van der Waals surface area contributed by atoms with Gasteiger partial charge in [0.05, 0.1) is 28.5 Å². The lowest BCUT2D eigenvalue weighted by Crippen LogP contribution is -2.12. The Kier molecular flexibility index (Phi) is 2.11. The molecule has 7 heteroatoms. The molecule has 84 valence electrons. The number of aromatic carboxylic acids is 1. The lowest BCUT2D eigenvalue weighted by atomic mass is 10.1. The first-order valence-electron chi connectivity index (χ1n) is 4.17. The third-order valence-corrected chi connectivity index (χ3v) is 2.10. The molecule has 0 unspecified atom stereocenters. The van der Waals surface area contributed by atoms with Crippen LogP contribution >= 0.6 is 0 Å². The van der Waals surface area contributed by atoms with Crippen molar-refractivity contribution < 1.29 is 23.1 Å². The summed E-state index contributed by atoms with van der Waals surface area (Å²) in [5.74, 6) is -1.63. The van der Waals surface area contributed by atoms with Crippen LogP contribution in [-0.4, -0.2) is 21.0 Å². The lowest BCUT2D eigenvalue weighted by molar-refractivity contribution is -0.138. The van der Waals surface area contributed by atoms with Crippen molar-refractivity contribution in [3.63, 3.8) is 0 Å². The summed E-state index contributed by atoms with van der Waals surface area (Å²) in [6, 6.07) is 1.64. The molecule has 0 bridgehead atoms. The largest absolute Gasteiger partial charge is 0.478 e. The molecule has 0 atom stereocenters. The summed E-state index contributed by atoms with van der Waals surface area (Å²) < 4.78 is 37.6. The number of aromatic amines is 1. The number of carboxylic acid groups (broad SMARTS) is 1. The van der Waals surface area contributed by atoms with Gasteiger partial charge in [-0.2, -0.15) is 13.2 Å². The zero-order valence-electron chi connectivity index (χ0n) is 7.67. The number of H-pyrrole nitrogens is 1. The van der Waals surface area contributed by atoms with E-state index in [0.29, 0.717) is 0 Å². The molecule has 16 heavy (non-hydrogen) atoms. The number of imidazole rings is 1. The number of benzene rings is 1. The minimum atomic E-state index is -4.70. The fraction of sp³-hybridized carbons (Fsp3) is 0.111. The van der Waals surface area contributed by atoms with Crippen molar-refractivity contribution in [2.45, 2.75) is 6.18 Å². The van der Waals surface area contributed by atoms with E-state index in [-0.39, 0.29) is 11.0 Å². The number of hydrogen-bond donors (Lipinski definition) is 2. The number of nitrogens with zero attached hydrogens (tertiary/aromatic N) is 1. The Hall–Kier alpha value is -2.05. The Bertz CT molecular complexity index is 559. The number of alkyl halides is 3. The predicted molar refractivity (Wildman–Crippen MR) is 48.1 cm³/mol. The molecule has 1 heterocycles. The number of rotatable bonds is 1. The van der Waals surface area contributed by atoms with Crippen LogP contribution in [0.3, 0.4) is 0 Å². The van der Waals surface area contributed by atoms with E-state index in [0.717, 1.165) is 12.1 Å². The van der Waals surface area contributed by atoms with Crippen LogP contribution in [0.1, 0.15) is 15.9 Å². The van der Waals surface area contributed by atoms with Crippen LogP contribution in [-0.2, 0) is 6.18 Å². The molecule has 0 aliphatic heterocycles. The highest BCUT2D eigenvalue weighted by molar-refractivity contribution is 5.94. The number of nitrogens with one attached hydrogen (secondary N) is 1. The molecule has 0 spiro atoms. The number of fused-ring (bicyclic) bond motifs is 1. The molecule has 1 aromatic heterocycles. The predicted octanol–water partition coefficient (Wildman–Crippen LogP) is 2.28. The Morgan fingerprint density at radius 2 is 2.06 bits per heavy atom. The zero-order chi connectivity index (χ0) is 11.9. The number of halogens is 3. The monoisotopic (exact) mass is 230 g/mol. The van der Waals surface area contributed by atoms with Gasteiger partial charge in [-0.05, 0) is 12.1 Å². The van der Waals surface area contributed by atoms with Gasteiger partial charge in [0, 0.05) is 0 Å². The van der Waals surface area contributed by atoms with Crippen LogP contribution in [0.2, 0.25) is 0 Å². The van der Waals surface area contributed by atoms with E-state index in [1.165, 1.54) is 6.33 Å². The Balaban J connectivity index is 2.77. The average Bonchev–Trinajstić information content (AvgIpc) is 2.60. The van der Waals surface area contributed by atoms with E-state index in [4.69, 9.17) is 5.11 Å². The van der Waals surface area contributed by atoms with Gasteiger partial charge in [-0.1, -0.05) is 0 Å². The van der Waals surface area contributed by atoms with Crippen LogP contribution in [0, 0.1) is 0 Å². The summed E-state index contributed by atoms with van der Waals surface area (Å²) in [6.45, 7) is 0. The first-order valence-corrected chi connectivity index (χ1v) is 4.17. The second-order valence-corrected chi connectivity index (χ2v) is 3.12. The van der Waals surface area contributed by atoms with Crippen molar-refractivity contribution in [2.24, 2.45) is 0 Å². The first-order chi connectivity index (χ1) is 7.39. The van der Waals surface area contributed by atoms with E-state index in [9.17, 15) is 18.0 Å². The van der Waals surface area contributed by atoms with Crippen molar-refractivity contribution >= 4 is 17.0 Å². The quantitative estimate of drug-likeness (QED) is 0.789. The Labute approximate surface area is 86.7 Å². The van der Waals surface area contributed by atoms with Crippen LogP contribution in [0.4, 0.5) is 13.2 Å². The highest BCUT2D eigenvalue weighted by atomic mass is 19.4. The van der Waals surface area contributed by atoms with E-state index >= 15 is 0 Å². The maximum Gasteiger partial charge on any atom is 0.417 e. The minimum absolute atomic E-state index is 0.150. The molecule has 0 aliphatic carbocycles. The molecule has 0 fully saturated rings. The first kappa shape index (κ1) is 10.5. The third kappa shape index (κ3) is 1.60. The summed E-state index contributed by atoms with van der Waals surface area (Å²) in [7, 11) is 0. The van der Waals surface area contributed by atoms with Crippen molar-refractivity contribution in [2.75, 3.05) is 0 Å². The van der Waals surface area contributed by atoms with Crippen molar-refractivity contribution in [1.29, 1.82) is 0 Å². The van der Waals surface area contributed by atoms with E-state index in [1.807, 2.05) is 0 Å².